The summed E-state index contributed by atoms with van der Waals surface area (Å²) >= 11 is 0. The number of rotatable bonds is 3. The summed E-state index contributed by atoms with van der Waals surface area (Å²) in [5, 5.41) is 0. The second-order valence-electron chi connectivity index (χ2n) is 3.43. The minimum atomic E-state index is 0.341. The van der Waals surface area contributed by atoms with E-state index in [0.29, 0.717) is 17.6 Å². The molecule has 0 spiro atoms. The molecule has 1 nitrogen and oxygen atoms in total. The van der Waals surface area contributed by atoms with Crippen molar-refractivity contribution in [1.82, 2.24) is 0 Å². The van der Waals surface area contributed by atoms with Crippen molar-refractivity contribution in [3.8, 4) is 0 Å². The molecule has 1 saturated carbocycles. The molecular formula is C10H16O. The van der Waals surface area contributed by atoms with Crippen LogP contribution in [0.4, 0.5) is 0 Å². The Labute approximate surface area is 68.5 Å². The molecule has 0 saturated heterocycles. The zero-order valence-corrected chi connectivity index (χ0v) is 7.18. The minimum absolute atomic E-state index is 0.341. The Bertz CT molecular complexity index is 160. The number of hydrogen-bond donors (Lipinski definition) is 0. The summed E-state index contributed by atoms with van der Waals surface area (Å²) < 4.78 is 0. The molecule has 1 fully saturated rings. The van der Waals surface area contributed by atoms with E-state index in [9.17, 15) is 4.79 Å². The molecule has 1 aliphatic carbocycles. The van der Waals surface area contributed by atoms with Gasteiger partial charge < -0.3 is 0 Å². The van der Waals surface area contributed by atoms with Gasteiger partial charge in [-0.15, -0.1) is 6.58 Å². The number of hydrogen-bond acceptors (Lipinski definition) is 1. The maximum atomic E-state index is 11.1. The van der Waals surface area contributed by atoms with Gasteiger partial charge in [0, 0.05) is 5.92 Å². The average Bonchev–Trinajstić information content (AvgIpc) is 2.36. The summed E-state index contributed by atoms with van der Waals surface area (Å²) in [5.41, 5.74) is 0. The molecule has 0 aromatic carbocycles. The molecule has 1 heteroatoms. The lowest BCUT2D eigenvalue weighted by atomic mass is 9.90. The number of carbonyl (C=O) groups excluding carboxylic acids is 1. The number of allylic oxidation sites excluding steroid dienone is 1. The van der Waals surface area contributed by atoms with Gasteiger partial charge in [0.25, 0.3) is 0 Å². The summed E-state index contributed by atoms with van der Waals surface area (Å²) in [4.78, 5) is 11.1. The summed E-state index contributed by atoms with van der Waals surface area (Å²) in [6, 6.07) is 0. The molecule has 1 aliphatic rings. The van der Waals surface area contributed by atoms with Crippen LogP contribution in [-0.2, 0) is 4.79 Å². The smallest absolute Gasteiger partial charge is 0.133 e. The highest BCUT2D eigenvalue weighted by Gasteiger charge is 2.29. The lowest BCUT2D eigenvalue weighted by Crippen LogP contribution is -2.15. The summed E-state index contributed by atoms with van der Waals surface area (Å²) in [6.07, 6.45) is 6.50. The van der Waals surface area contributed by atoms with E-state index in [1.54, 1.807) is 6.92 Å². The van der Waals surface area contributed by atoms with Crippen molar-refractivity contribution >= 4 is 5.78 Å². The van der Waals surface area contributed by atoms with Gasteiger partial charge in [0.1, 0.15) is 5.78 Å². The van der Waals surface area contributed by atoms with Crippen molar-refractivity contribution < 1.29 is 4.79 Å². The zero-order chi connectivity index (χ0) is 8.27. The van der Waals surface area contributed by atoms with Gasteiger partial charge in [-0.25, -0.2) is 0 Å². The first-order valence-electron chi connectivity index (χ1n) is 4.37. The van der Waals surface area contributed by atoms with E-state index in [1.807, 2.05) is 6.08 Å². The highest BCUT2D eigenvalue weighted by molar-refractivity contribution is 5.78. The van der Waals surface area contributed by atoms with Gasteiger partial charge in [-0.1, -0.05) is 12.5 Å². The van der Waals surface area contributed by atoms with Crippen LogP contribution in [0.2, 0.25) is 0 Å². The highest BCUT2D eigenvalue weighted by atomic mass is 16.1. The van der Waals surface area contributed by atoms with Crippen LogP contribution in [0.1, 0.15) is 32.6 Å². The predicted molar refractivity (Wildman–Crippen MR) is 46.3 cm³/mol. The molecule has 1 rings (SSSR count). The van der Waals surface area contributed by atoms with E-state index in [-0.39, 0.29) is 0 Å². The fourth-order valence-electron chi connectivity index (χ4n) is 2.07. The lowest BCUT2D eigenvalue weighted by Gasteiger charge is -2.13. The van der Waals surface area contributed by atoms with Crippen molar-refractivity contribution in [3.05, 3.63) is 12.7 Å². The molecule has 0 radical (unpaired) electrons. The van der Waals surface area contributed by atoms with Crippen LogP contribution < -0.4 is 0 Å². The molecule has 0 N–H and O–H groups in total. The van der Waals surface area contributed by atoms with Crippen molar-refractivity contribution in [3.63, 3.8) is 0 Å². The third-order valence-corrected chi connectivity index (χ3v) is 2.65. The molecule has 0 bridgehead atoms. The van der Waals surface area contributed by atoms with E-state index < -0.39 is 0 Å². The van der Waals surface area contributed by atoms with Gasteiger partial charge >= 0.3 is 0 Å². The Morgan fingerprint density at radius 3 is 2.91 bits per heavy atom. The Morgan fingerprint density at radius 1 is 1.64 bits per heavy atom. The maximum Gasteiger partial charge on any atom is 0.133 e. The molecule has 0 aromatic rings. The molecule has 0 aliphatic heterocycles. The van der Waals surface area contributed by atoms with Gasteiger partial charge in [-0.2, -0.15) is 0 Å². The van der Waals surface area contributed by atoms with Gasteiger partial charge in [-0.3, -0.25) is 4.79 Å². The molecular weight excluding hydrogens is 136 g/mol. The average molecular weight is 152 g/mol. The van der Waals surface area contributed by atoms with Crippen LogP contribution >= 0.6 is 0 Å². The normalized spacial score (nSPS) is 30.3. The van der Waals surface area contributed by atoms with Crippen LogP contribution in [0.25, 0.3) is 0 Å². The van der Waals surface area contributed by atoms with Gasteiger partial charge in [0.2, 0.25) is 0 Å². The van der Waals surface area contributed by atoms with E-state index >= 15 is 0 Å². The quantitative estimate of drug-likeness (QED) is 0.568. The Balaban J connectivity index is 2.50. The zero-order valence-electron chi connectivity index (χ0n) is 7.18. The van der Waals surface area contributed by atoms with Crippen LogP contribution in [0.5, 0.6) is 0 Å². The second-order valence-corrected chi connectivity index (χ2v) is 3.43. The number of carbonyl (C=O) groups is 1. The number of Topliss-reactive ketones (excluding diaryl/α,β-unsaturated/α-hetero) is 1. The third kappa shape index (κ3) is 1.92. The molecule has 2 unspecified atom stereocenters. The monoisotopic (exact) mass is 152 g/mol. The minimum Gasteiger partial charge on any atom is -0.300 e. The van der Waals surface area contributed by atoms with E-state index in [1.165, 1.54) is 12.8 Å². The Kier molecular flexibility index (Phi) is 2.86. The van der Waals surface area contributed by atoms with E-state index in [4.69, 9.17) is 0 Å². The first kappa shape index (κ1) is 8.51. The van der Waals surface area contributed by atoms with Crippen LogP contribution in [0.15, 0.2) is 12.7 Å². The molecule has 0 heterocycles. The van der Waals surface area contributed by atoms with Crippen molar-refractivity contribution in [2.75, 3.05) is 0 Å². The van der Waals surface area contributed by atoms with Crippen LogP contribution in [-0.4, -0.2) is 5.78 Å². The Morgan fingerprint density at radius 2 is 2.36 bits per heavy atom. The van der Waals surface area contributed by atoms with Crippen molar-refractivity contribution in [1.29, 1.82) is 0 Å². The number of ketones is 1. The Hall–Kier alpha value is -0.590. The molecule has 0 amide bonds. The molecule has 11 heavy (non-hydrogen) atoms. The maximum absolute atomic E-state index is 11.1. The second kappa shape index (κ2) is 3.70. The molecule has 62 valence electrons. The lowest BCUT2D eigenvalue weighted by molar-refractivity contribution is -0.121. The first-order chi connectivity index (χ1) is 5.25. The predicted octanol–water partition coefficient (Wildman–Crippen LogP) is 2.57. The highest BCUT2D eigenvalue weighted by Crippen LogP contribution is 2.34. The van der Waals surface area contributed by atoms with E-state index in [0.717, 1.165) is 12.8 Å². The third-order valence-electron chi connectivity index (χ3n) is 2.65. The molecule has 2 atom stereocenters. The summed E-state index contributed by atoms with van der Waals surface area (Å²) in [5.74, 6) is 1.31. The van der Waals surface area contributed by atoms with Gasteiger partial charge in [0.15, 0.2) is 0 Å². The first-order valence-corrected chi connectivity index (χ1v) is 4.37. The fraction of sp³-hybridized carbons (Fsp3) is 0.700. The summed E-state index contributed by atoms with van der Waals surface area (Å²) in [6.45, 7) is 5.42. The SMILES string of the molecule is C=CCC1CCCC1C(C)=O. The van der Waals surface area contributed by atoms with E-state index in [2.05, 4.69) is 6.58 Å². The largest absolute Gasteiger partial charge is 0.300 e. The van der Waals surface area contributed by atoms with Crippen LogP contribution in [0, 0.1) is 11.8 Å². The molecule has 0 aromatic heterocycles. The van der Waals surface area contributed by atoms with Gasteiger partial charge in [-0.05, 0) is 32.1 Å². The summed E-state index contributed by atoms with van der Waals surface area (Å²) in [7, 11) is 0. The van der Waals surface area contributed by atoms with Crippen molar-refractivity contribution in [2.45, 2.75) is 32.6 Å². The van der Waals surface area contributed by atoms with Crippen molar-refractivity contribution in [2.24, 2.45) is 11.8 Å². The van der Waals surface area contributed by atoms with Gasteiger partial charge in [0.05, 0.1) is 0 Å². The topological polar surface area (TPSA) is 17.1 Å². The fourth-order valence-corrected chi connectivity index (χ4v) is 2.07. The standard InChI is InChI=1S/C10H16O/c1-3-5-9-6-4-7-10(9)8(2)11/h3,9-10H,1,4-7H2,2H3. The van der Waals surface area contributed by atoms with Crippen LogP contribution in [0.3, 0.4) is 0 Å².